The van der Waals surface area contributed by atoms with Crippen molar-refractivity contribution in [2.75, 3.05) is 29.9 Å². The van der Waals surface area contributed by atoms with Gasteiger partial charge in [-0.15, -0.1) is 0 Å². The molecule has 0 aliphatic rings. The highest BCUT2D eigenvalue weighted by atomic mass is 32.2. The molecule has 0 unspecified atom stereocenters. The molecular formula is C34H47N5O6S. The Morgan fingerprint density at radius 1 is 0.848 bits per heavy atom. The van der Waals surface area contributed by atoms with E-state index in [2.05, 4.69) is 21.8 Å². The highest BCUT2D eigenvalue weighted by Gasteiger charge is 2.30. The van der Waals surface area contributed by atoms with Crippen LogP contribution in [-0.2, 0) is 37.4 Å². The number of pyridine rings is 2. The summed E-state index contributed by atoms with van der Waals surface area (Å²) >= 11 is 0. The maximum absolute atomic E-state index is 13.9. The van der Waals surface area contributed by atoms with Crippen molar-refractivity contribution in [1.29, 1.82) is 0 Å². The van der Waals surface area contributed by atoms with Gasteiger partial charge in [0.15, 0.2) is 5.03 Å². The smallest absolute Gasteiger partial charge is 0.416 e. The van der Waals surface area contributed by atoms with Crippen molar-refractivity contribution in [3.63, 3.8) is 0 Å². The Bertz CT molecular complexity index is 1550. The summed E-state index contributed by atoms with van der Waals surface area (Å²) in [5.74, 6) is -0.527. The van der Waals surface area contributed by atoms with E-state index in [4.69, 9.17) is 9.47 Å². The summed E-state index contributed by atoms with van der Waals surface area (Å²) in [6.07, 6.45) is 2.81. The molecule has 2 heterocycles. The van der Waals surface area contributed by atoms with Gasteiger partial charge in [0.05, 0.1) is 12.2 Å². The van der Waals surface area contributed by atoms with E-state index in [0.717, 1.165) is 35.5 Å². The van der Waals surface area contributed by atoms with Crippen LogP contribution >= 0.6 is 0 Å². The number of anilines is 2. The van der Waals surface area contributed by atoms with Crippen molar-refractivity contribution in [1.82, 2.24) is 14.3 Å². The fourth-order valence-electron chi connectivity index (χ4n) is 4.39. The van der Waals surface area contributed by atoms with E-state index in [-0.39, 0.29) is 23.9 Å². The number of nitrogens with zero attached hydrogens (tertiary/aromatic N) is 5. The number of hydrogen-bond donors (Lipinski definition) is 0. The molecule has 0 N–H and O–H groups in total. The monoisotopic (exact) mass is 653 g/mol. The second-order valence-electron chi connectivity index (χ2n) is 13.0. The molecule has 3 aromatic rings. The van der Waals surface area contributed by atoms with Crippen LogP contribution in [0.3, 0.4) is 0 Å². The van der Waals surface area contributed by atoms with E-state index in [0.29, 0.717) is 5.69 Å². The summed E-state index contributed by atoms with van der Waals surface area (Å²) in [6, 6.07) is 17.4. The van der Waals surface area contributed by atoms with Crippen LogP contribution in [0.2, 0.25) is 0 Å². The average Bonchev–Trinajstić information content (AvgIpc) is 2.97. The van der Waals surface area contributed by atoms with E-state index in [1.165, 1.54) is 16.6 Å². The van der Waals surface area contributed by atoms with Crippen molar-refractivity contribution in [3.05, 3.63) is 78.1 Å². The molecule has 0 aliphatic heterocycles. The third-order valence-corrected chi connectivity index (χ3v) is 8.26. The van der Waals surface area contributed by atoms with Gasteiger partial charge >= 0.3 is 12.1 Å². The maximum atomic E-state index is 13.9. The first-order valence-corrected chi connectivity index (χ1v) is 16.8. The third kappa shape index (κ3) is 11.1. The molecular weight excluding hydrogens is 606 g/mol. The molecule has 0 fully saturated rings. The molecule has 12 heteroatoms. The van der Waals surface area contributed by atoms with Gasteiger partial charge in [0, 0.05) is 32.0 Å². The molecule has 0 aliphatic carbocycles. The van der Waals surface area contributed by atoms with Gasteiger partial charge in [-0.3, -0.25) is 9.69 Å². The van der Waals surface area contributed by atoms with Crippen molar-refractivity contribution >= 4 is 33.6 Å². The predicted molar refractivity (Wildman–Crippen MR) is 179 cm³/mol. The Morgan fingerprint density at radius 2 is 1.52 bits per heavy atom. The average molecular weight is 654 g/mol. The van der Waals surface area contributed by atoms with Crippen LogP contribution in [0.25, 0.3) is 0 Å². The molecule has 1 amide bonds. The first kappa shape index (κ1) is 36.4. The second-order valence-corrected chi connectivity index (χ2v) is 14.9. The number of amides is 1. The van der Waals surface area contributed by atoms with E-state index in [9.17, 15) is 18.0 Å². The summed E-state index contributed by atoms with van der Waals surface area (Å²) in [5, 5.41) is -0.0950. The van der Waals surface area contributed by atoms with Gasteiger partial charge in [-0.1, -0.05) is 37.6 Å². The quantitative estimate of drug-likeness (QED) is 0.199. The lowest BCUT2D eigenvalue weighted by Gasteiger charge is -2.28. The number of aromatic nitrogens is 2. The molecule has 0 atom stereocenters. The van der Waals surface area contributed by atoms with Crippen molar-refractivity contribution in [2.24, 2.45) is 0 Å². The molecule has 11 nitrogen and oxygen atoms in total. The van der Waals surface area contributed by atoms with Crippen LogP contribution in [0.5, 0.6) is 0 Å². The molecule has 250 valence electrons. The number of hydrogen-bond acceptors (Lipinski definition) is 9. The van der Waals surface area contributed by atoms with Crippen LogP contribution in [-0.4, -0.2) is 66.1 Å². The summed E-state index contributed by atoms with van der Waals surface area (Å²) in [7, 11) is -2.02. The Labute approximate surface area is 273 Å². The van der Waals surface area contributed by atoms with E-state index in [1.54, 1.807) is 71.9 Å². The van der Waals surface area contributed by atoms with Crippen LogP contribution < -0.4 is 9.80 Å². The molecule has 3 rings (SSSR count). The molecule has 0 saturated carbocycles. The molecule has 2 aromatic heterocycles. The highest BCUT2D eigenvalue weighted by Crippen LogP contribution is 2.23. The summed E-state index contributed by atoms with van der Waals surface area (Å²) in [6.45, 7) is 12.9. The molecule has 0 spiro atoms. The highest BCUT2D eigenvalue weighted by molar-refractivity contribution is 7.89. The lowest BCUT2D eigenvalue weighted by Crippen LogP contribution is -2.42. The SMILES string of the molecule is CCCCN(C)c1ccc(CN(Cc2cccc(N(CC(=O)OC(C)(C)C)C(=O)OC(C)(C)C)n2)S(=O)(=O)c2ccccn2)cc1. The Morgan fingerprint density at radius 3 is 2.11 bits per heavy atom. The lowest BCUT2D eigenvalue weighted by molar-refractivity contribution is -0.153. The fraction of sp³-hybridized carbons (Fsp3) is 0.471. The number of rotatable bonds is 13. The van der Waals surface area contributed by atoms with E-state index in [1.807, 2.05) is 31.3 Å². The predicted octanol–water partition coefficient (Wildman–Crippen LogP) is 6.19. The number of ether oxygens (including phenoxy) is 2. The summed E-state index contributed by atoms with van der Waals surface area (Å²) < 4.78 is 40.1. The lowest BCUT2D eigenvalue weighted by atomic mass is 10.2. The van der Waals surface area contributed by atoms with Crippen LogP contribution in [0.15, 0.2) is 71.9 Å². The Hall–Kier alpha value is -4.03. The number of benzene rings is 1. The Kier molecular flexibility index (Phi) is 12.3. The van der Waals surface area contributed by atoms with Gasteiger partial charge in [-0.2, -0.15) is 4.31 Å². The molecule has 1 aromatic carbocycles. The first-order chi connectivity index (χ1) is 21.5. The molecule has 46 heavy (non-hydrogen) atoms. The first-order valence-electron chi connectivity index (χ1n) is 15.4. The zero-order valence-electron chi connectivity index (χ0n) is 28.2. The largest absolute Gasteiger partial charge is 0.459 e. The van der Waals surface area contributed by atoms with Crippen LogP contribution in [0.1, 0.15) is 72.6 Å². The second kappa shape index (κ2) is 15.5. The maximum Gasteiger partial charge on any atom is 0.416 e. The number of esters is 1. The zero-order chi connectivity index (χ0) is 34.1. The topological polar surface area (TPSA) is 122 Å². The van der Waals surface area contributed by atoms with Gasteiger partial charge in [-0.05, 0) is 89.9 Å². The third-order valence-electron chi connectivity index (χ3n) is 6.55. The zero-order valence-corrected chi connectivity index (χ0v) is 29.0. The standard InChI is InChI=1S/C34H47N5O6S/c1-9-10-22-37(8)28-19-17-26(18-20-28)23-38(46(42,43)30-16-11-12-21-35-30)24-27-14-13-15-29(36-27)39(32(41)45-34(5,6)7)25-31(40)44-33(2,3)4/h11-21H,9-10,22-25H2,1-8H3. The van der Waals surface area contributed by atoms with Gasteiger partial charge in [0.2, 0.25) is 0 Å². The fourth-order valence-corrected chi connectivity index (χ4v) is 5.72. The number of carbonyl (C=O) groups excluding carboxylic acids is 2. The van der Waals surface area contributed by atoms with Gasteiger partial charge in [-0.25, -0.2) is 23.2 Å². The van der Waals surface area contributed by atoms with Gasteiger partial charge in [0.25, 0.3) is 10.0 Å². The minimum Gasteiger partial charge on any atom is -0.459 e. The number of unbranched alkanes of at least 4 members (excludes halogenated alkanes) is 1. The van der Waals surface area contributed by atoms with Crippen molar-refractivity contribution in [3.8, 4) is 0 Å². The minimum absolute atomic E-state index is 0.0530. The van der Waals surface area contributed by atoms with Crippen molar-refractivity contribution < 1.29 is 27.5 Å². The van der Waals surface area contributed by atoms with Crippen LogP contribution in [0, 0.1) is 0 Å². The number of carbonyl (C=O) groups is 2. The van der Waals surface area contributed by atoms with E-state index < -0.39 is 39.8 Å². The minimum atomic E-state index is -4.06. The van der Waals surface area contributed by atoms with Gasteiger partial charge in [0.1, 0.15) is 23.6 Å². The normalized spacial score (nSPS) is 12.1. The summed E-state index contributed by atoms with van der Waals surface area (Å²) in [4.78, 5) is 38.0. The molecule has 0 bridgehead atoms. The van der Waals surface area contributed by atoms with Crippen molar-refractivity contribution in [2.45, 2.75) is 90.6 Å². The summed E-state index contributed by atoms with van der Waals surface area (Å²) in [5.41, 5.74) is 0.566. The number of sulfonamides is 1. The molecule has 0 saturated heterocycles. The Balaban J connectivity index is 1.97. The van der Waals surface area contributed by atoms with E-state index >= 15 is 0 Å². The van der Waals surface area contributed by atoms with Crippen LogP contribution in [0.4, 0.5) is 16.3 Å². The molecule has 0 radical (unpaired) electrons. The van der Waals surface area contributed by atoms with Gasteiger partial charge < -0.3 is 14.4 Å².